The van der Waals surface area contributed by atoms with Crippen LogP contribution in [0.3, 0.4) is 0 Å². The van der Waals surface area contributed by atoms with Crippen LogP contribution in [0.25, 0.3) is 0 Å². The molecule has 298 valence electrons. The van der Waals surface area contributed by atoms with E-state index >= 15 is 0 Å². The summed E-state index contributed by atoms with van der Waals surface area (Å²) in [5, 5.41) is 14.1. The fourth-order valence-electron chi connectivity index (χ4n) is 6.14. The molecule has 1 fully saturated rings. The standard InChI is InChI=1S/C41H48N4O10S/c1-29(2)25-44(56(50,51)36-19-15-33(16-20-36)45(48)49)26-39(38(24-30-9-5-3-6-10-30)43-41(47)54-35-21-22-52-28-35)55-40(46)37(42)23-31-13-17-34(18-14-31)53-27-32-11-7-4-8-12-32/h3-20,29,35,37-39H,21-28,42H2,1-2H3,(H,43,47)/t35-,37-,38-,39+/m0/s1. The number of esters is 1. The van der Waals surface area contributed by atoms with Gasteiger partial charge in [-0.15, -0.1) is 0 Å². The molecule has 56 heavy (non-hydrogen) atoms. The molecule has 0 aromatic heterocycles. The van der Waals surface area contributed by atoms with Crippen LogP contribution in [0, 0.1) is 16.0 Å². The lowest BCUT2D eigenvalue weighted by Gasteiger charge is -2.33. The van der Waals surface area contributed by atoms with Gasteiger partial charge in [-0.3, -0.25) is 14.9 Å². The summed E-state index contributed by atoms with van der Waals surface area (Å²) in [6, 6.07) is 28.5. The Labute approximate surface area is 327 Å². The first-order valence-corrected chi connectivity index (χ1v) is 19.9. The van der Waals surface area contributed by atoms with Crippen molar-refractivity contribution in [3.8, 4) is 5.75 Å². The molecule has 1 amide bonds. The Hall–Kier alpha value is -5.35. The number of non-ortho nitro benzene ring substituents is 1. The molecule has 0 aliphatic carbocycles. The number of ether oxygens (including phenoxy) is 4. The summed E-state index contributed by atoms with van der Waals surface area (Å²) < 4.78 is 52.5. The van der Waals surface area contributed by atoms with Crippen LogP contribution in [0.1, 0.15) is 37.0 Å². The number of carbonyl (C=O) groups excluding carboxylic acids is 2. The van der Waals surface area contributed by atoms with Gasteiger partial charge in [0.05, 0.1) is 35.6 Å². The van der Waals surface area contributed by atoms with Gasteiger partial charge in [-0.2, -0.15) is 4.31 Å². The minimum Gasteiger partial charge on any atom is -0.489 e. The van der Waals surface area contributed by atoms with Gasteiger partial charge in [0.15, 0.2) is 0 Å². The smallest absolute Gasteiger partial charge is 0.407 e. The van der Waals surface area contributed by atoms with Gasteiger partial charge in [-0.1, -0.05) is 86.6 Å². The van der Waals surface area contributed by atoms with Crippen molar-refractivity contribution in [1.82, 2.24) is 9.62 Å². The summed E-state index contributed by atoms with van der Waals surface area (Å²) in [5.74, 6) is -0.359. The van der Waals surface area contributed by atoms with Gasteiger partial charge < -0.3 is 30.0 Å². The normalized spacial score (nSPS) is 15.8. The quantitative estimate of drug-likeness (QED) is 0.0701. The topological polar surface area (TPSA) is 190 Å². The fraction of sp³-hybridized carbons (Fsp3) is 0.366. The van der Waals surface area contributed by atoms with E-state index in [0.717, 1.165) is 45.3 Å². The molecule has 0 saturated carbocycles. The average molecular weight is 789 g/mol. The summed E-state index contributed by atoms with van der Waals surface area (Å²) in [6.07, 6.45) is -1.77. The third-order valence-electron chi connectivity index (χ3n) is 9.05. The molecule has 4 aromatic carbocycles. The lowest BCUT2D eigenvalue weighted by atomic mass is 10.0. The molecule has 14 nitrogen and oxygen atoms in total. The number of nitro benzene ring substituents is 1. The van der Waals surface area contributed by atoms with Crippen LogP contribution < -0.4 is 15.8 Å². The summed E-state index contributed by atoms with van der Waals surface area (Å²) in [5.41, 5.74) is 8.70. The highest BCUT2D eigenvalue weighted by atomic mass is 32.2. The van der Waals surface area contributed by atoms with Crippen molar-refractivity contribution in [2.24, 2.45) is 11.7 Å². The first-order valence-electron chi connectivity index (χ1n) is 18.4. The first kappa shape index (κ1) is 41.8. The van der Waals surface area contributed by atoms with Crippen molar-refractivity contribution in [2.45, 2.75) is 68.9 Å². The van der Waals surface area contributed by atoms with Crippen molar-refractivity contribution in [1.29, 1.82) is 0 Å². The summed E-state index contributed by atoms with van der Waals surface area (Å²) in [7, 11) is -4.30. The van der Waals surface area contributed by atoms with Crippen LogP contribution in [-0.2, 0) is 48.5 Å². The Morgan fingerprint density at radius 3 is 2.11 bits per heavy atom. The van der Waals surface area contributed by atoms with E-state index in [1.165, 1.54) is 0 Å². The maximum absolute atomic E-state index is 14.2. The van der Waals surface area contributed by atoms with E-state index in [4.69, 9.17) is 24.7 Å². The van der Waals surface area contributed by atoms with Crippen LogP contribution in [0.5, 0.6) is 5.75 Å². The highest BCUT2D eigenvalue weighted by molar-refractivity contribution is 7.89. The largest absolute Gasteiger partial charge is 0.489 e. The third-order valence-corrected chi connectivity index (χ3v) is 10.9. The Morgan fingerprint density at radius 2 is 1.52 bits per heavy atom. The summed E-state index contributed by atoms with van der Waals surface area (Å²) in [4.78, 5) is 37.7. The van der Waals surface area contributed by atoms with E-state index in [1.54, 1.807) is 24.3 Å². The first-order chi connectivity index (χ1) is 26.9. The van der Waals surface area contributed by atoms with Crippen LogP contribution in [-0.4, -0.2) is 80.3 Å². The zero-order valence-corrected chi connectivity index (χ0v) is 32.2. The molecular formula is C41H48N4O10S. The maximum Gasteiger partial charge on any atom is 0.407 e. The molecule has 1 heterocycles. The van der Waals surface area contributed by atoms with Crippen molar-refractivity contribution < 1.29 is 41.9 Å². The van der Waals surface area contributed by atoms with Crippen LogP contribution >= 0.6 is 0 Å². The highest BCUT2D eigenvalue weighted by Crippen LogP contribution is 2.24. The number of nitrogens with two attached hydrogens (primary N) is 1. The highest BCUT2D eigenvalue weighted by Gasteiger charge is 2.36. The van der Waals surface area contributed by atoms with E-state index < -0.39 is 51.3 Å². The second kappa shape index (κ2) is 20.0. The molecule has 0 spiro atoms. The second-order valence-corrected chi connectivity index (χ2v) is 15.9. The number of hydrogen-bond donors (Lipinski definition) is 2. The SMILES string of the molecule is CC(C)CN(C[C@@H](OC(=O)[C@@H](N)Cc1ccc(OCc2ccccc2)cc1)[C@H](Cc1ccccc1)NC(=O)O[C@H]1CCOC1)S(=O)(=O)c1ccc([N+](=O)[O-])cc1. The van der Waals surface area contributed by atoms with Crippen LogP contribution in [0.4, 0.5) is 10.5 Å². The number of nitro groups is 1. The van der Waals surface area contributed by atoms with Crippen molar-refractivity contribution in [2.75, 3.05) is 26.3 Å². The summed E-state index contributed by atoms with van der Waals surface area (Å²) >= 11 is 0. The molecule has 5 rings (SSSR count). The Morgan fingerprint density at radius 1 is 0.893 bits per heavy atom. The van der Waals surface area contributed by atoms with Crippen molar-refractivity contribution in [3.05, 3.63) is 136 Å². The third kappa shape index (κ3) is 12.3. The molecule has 0 unspecified atom stereocenters. The number of amides is 1. The number of sulfonamides is 1. The van der Waals surface area contributed by atoms with Crippen LogP contribution in [0.2, 0.25) is 0 Å². The molecule has 1 aliphatic rings. The van der Waals surface area contributed by atoms with Gasteiger partial charge in [0.2, 0.25) is 10.0 Å². The molecule has 15 heteroatoms. The molecular weight excluding hydrogens is 741 g/mol. The molecule has 0 bridgehead atoms. The molecule has 1 aliphatic heterocycles. The number of alkyl carbamates (subject to hydrolysis) is 1. The zero-order chi connectivity index (χ0) is 40.1. The number of benzene rings is 4. The van der Waals surface area contributed by atoms with E-state index in [9.17, 15) is 28.1 Å². The Balaban J connectivity index is 1.40. The Kier molecular flexibility index (Phi) is 14.9. The van der Waals surface area contributed by atoms with E-state index in [-0.39, 0.29) is 49.0 Å². The van der Waals surface area contributed by atoms with E-state index in [1.807, 2.05) is 74.5 Å². The van der Waals surface area contributed by atoms with Crippen molar-refractivity contribution >= 4 is 27.8 Å². The predicted molar refractivity (Wildman–Crippen MR) is 208 cm³/mol. The predicted octanol–water partition coefficient (Wildman–Crippen LogP) is 5.43. The van der Waals surface area contributed by atoms with Gasteiger partial charge in [-0.25, -0.2) is 13.2 Å². The van der Waals surface area contributed by atoms with Crippen LogP contribution in [0.15, 0.2) is 114 Å². The number of rotatable bonds is 19. The number of hydrogen-bond acceptors (Lipinski definition) is 11. The fourth-order valence-corrected chi connectivity index (χ4v) is 7.75. The Bertz CT molecular complexity index is 1980. The zero-order valence-electron chi connectivity index (χ0n) is 31.4. The minimum absolute atomic E-state index is 0.0000331. The van der Waals surface area contributed by atoms with Gasteiger partial charge in [0.25, 0.3) is 5.69 Å². The summed E-state index contributed by atoms with van der Waals surface area (Å²) in [6.45, 7) is 4.34. The van der Waals surface area contributed by atoms with Gasteiger partial charge in [0, 0.05) is 25.1 Å². The van der Waals surface area contributed by atoms with Gasteiger partial charge >= 0.3 is 12.1 Å². The second-order valence-electron chi connectivity index (χ2n) is 14.0. The molecule has 1 saturated heterocycles. The lowest BCUT2D eigenvalue weighted by molar-refractivity contribution is -0.384. The van der Waals surface area contributed by atoms with Gasteiger partial charge in [-0.05, 0) is 59.7 Å². The van der Waals surface area contributed by atoms with E-state index in [0.29, 0.717) is 25.4 Å². The molecule has 3 N–H and O–H groups in total. The molecule has 0 radical (unpaired) electrons. The maximum atomic E-state index is 14.2. The number of nitrogens with one attached hydrogen (secondary N) is 1. The number of carbonyl (C=O) groups is 2. The van der Waals surface area contributed by atoms with Crippen molar-refractivity contribution in [3.63, 3.8) is 0 Å². The minimum atomic E-state index is -4.30. The monoisotopic (exact) mass is 788 g/mol. The number of nitrogens with zero attached hydrogens (tertiary/aromatic N) is 2. The van der Waals surface area contributed by atoms with E-state index in [2.05, 4.69) is 5.32 Å². The lowest BCUT2D eigenvalue weighted by Crippen LogP contribution is -2.54. The van der Waals surface area contributed by atoms with Gasteiger partial charge in [0.1, 0.15) is 30.6 Å². The average Bonchev–Trinajstić information content (AvgIpc) is 3.70. The molecule has 4 aromatic rings. The molecule has 4 atom stereocenters.